The second kappa shape index (κ2) is 9.06. The van der Waals surface area contributed by atoms with Crippen LogP contribution in [0.5, 0.6) is 0 Å². The van der Waals surface area contributed by atoms with Gasteiger partial charge in [0.25, 0.3) is 0 Å². The van der Waals surface area contributed by atoms with Gasteiger partial charge >= 0.3 is 11.9 Å². The van der Waals surface area contributed by atoms with Crippen LogP contribution in [-0.2, 0) is 20.7 Å². The number of hydrogen-bond donors (Lipinski definition) is 1. The summed E-state index contributed by atoms with van der Waals surface area (Å²) < 4.78 is 10.0. The van der Waals surface area contributed by atoms with Crippen LogP contribution in [0.25, 0.3) is 0 Å². The topological polar surface area (TPSA) is 85.5 Å². The minimum Gasteiger partial charge on any atom is -0.462 e. The molecule has 0 saturated heterocycles. The predicted octanol–water partition coefficient (Wildman–Crippen LogP) is 4.08. The summed E-state index contributed by atoms with van der Waals surface area (Å²) in [4.78, 5) is 39.2. The Bertz CT molecular complexity index is 888. The van der Waals surface area contributed by atoms with Gasteiger partial charge in [0.05, 0.1) is 24.3 Å². The fraction of sp³-hybridized carbons (Fsp3) is 0.316. The molecular weight excluding hydrogens is 393 g/mol. The standard InChI is InChI=1S/C19H19Cl2NO5/c1-4-26-19(25)17-10(2)18(22-11(17)3)15(23)9-27-16(24)7-12-5-6-13(20)8-14(12)21/h5-6,8,22H,4,7,9H2,1-3H3. The second-order valence-corrected chi connectivity index (χ2v) is 6.69. The van der Waals surface area contributed by atoms with Crippen molar-refractivity contribution in [3.63, 3.8) is 0 Å². The molecule has 0 saturated carbocycles. The van der Waals surface area contributed by atoms with Crippen molar-refractivity contribution in [3.05, 3.63) is 56.3 Å². The first-order valence-electron chi connectivity index (χ1n) is 8.23. The molecular formula is C19H19Cl2NO5. The van der Waals surface area contributed by atoms with Crippen LogP contribution in [0, 0.1) is 13.8 Å². The zero-order chi connectivity index (χ0) is 20.1. The number of ketones is 1. The Labute approximate surface area is 166 Å². The molecule has 0 unspecified atom stereocenters. The molecule has 1 aromatic carbocycles. The number of Topliss-reactive ketones (excluding diaryl/α,β-unsaturated/α-hetero) is 1. The van der Waals surface area contributed by atoms with Gasteiger partial charge in [0.15, 0.2) is 6.61 Å². The van der Waals surface area contributed by atoms with Gasteiger partial charge in [0.1, 0.15) is 0 Å². The molecule has 1 N–H and O–H groups in total. The van der Waals surface area contributed by atoms with Crippen molar-refractivity contribution in [2.24, 2.45) is 0 Å². The van der Waals surface area contributed by atoms with Crippen LogP contribution >= 0.6 is 23.2 Å². The highest BCUT2D eigenvalue weighted by atomic mass is 35.5. The van der Waals surface area contributed by atoms with Gasteiger partial charge in [0.2, 0.25) is 5.78 Å². The molecule has 6 nitrogen and oxygen atoms in total. The van der Waals surface area contributed by atoms with Gasteiger partial charge in [-0.05, 0) is 44.0 Å². The fourth-order valence-electron chi connectivity index (χ4n) is 2.63. The summed E-state index contributed by atoms with van der Waals surface area (Å²) in [6.45, 7) is 4.79. The lowest BCUT2D eigenvalue weighted by atomic mass is 10.1. The Morgan fingerprint density at radius 3 is 2.44 bits per heavy atom. The molecule has 0 atom stereocenters. The number of hydrogen-bond acceptors (Lipinski definition) is 5. The molecule has 144 valence electrons. The number of aromatic nitrogens is 1. The van der Waals surface area contributed by atoms with Gasteiger partial charge in [-0.2, -0.15) is 0 Å². The minimum absolute atomic E-state index is 0.0832. The number of carbonyl (C=O) groups is 3. The molecule has 2 rings (SSSR count). The lowest BCUT2D eigenvalue weighted by Crippen LogP contribution is -2.17. The molecule has 1 heterocycles. The van der Waals surface area contributed by atoms with E-state index < -0.39 is 24.3 Å². The first-order chi connectivity index (χ1) is 12.7. The zero-order valence-corrected chi connectivity index (χ0v) is 16.7. The van der Waals surface area contributed by atoms with E-state index in [1.807, 2.05) is 0 Å². The number of aromatic amines is 1. The Kier molecular flexibility index (Phi) is 7.05. The Morgan fingerprint density at radius 2 is 1.81 bits per heavy atom. The number of benzene rings is 1. The van der Waals surface area contributed by atoms with E-state index in [1.165, 1.54) is 6.07 Å². The van der Waals surface area contributed by atoms with Gasteiger partial charge in [-0.3, -0.25) is 9.59 Å². The molecule has 2 aromatic rings. The minimum atomic E-state index is -0.598. The summed E-state index contributed by atoms with van der Waals surface area (Å²) in [7, 11) is 0. The monoisotopic (exact) mass is 411 g/mol. The Balaban J connectivity index is 2.02. The first kappa shape index (κ1) is 21.0. The highest BCUT2D eigenvalue weighted by molar-refractivity contribution is 6.35. The normalized spacial score (nSPS) is 10.6. The van der Waals surface area contributed by atoms with E-state index in [0.29, 0.717) is 32.4 Å². The zero-order valence-electron chi connectivity index (χ0n) is 15.2. The third-order valence-electron chi connectivity index (χ3n) is 3.91. The van der Waals surface area contributed by atoms with Crippen molar-refractivity contribution in [1.29, 1.82) is 0 Å². The highest BCUT2D eigenvalue weighted by Gasteiger charge is 2.23. The number of nitrogens with one attached hydrogen (secondary N) is 1. The van der Waals surface area contributed by atoms with Crippen molar-refractivity contribution in [3.8, 4) is 0 Å². The lowest BCUT2D eigenvalue weighted by molar-refractivity contribution is -0.141. The smallest absolute Gasteiger partial charge is 0.340 e. The van der Waals surface area contributed by atoms with Crippen LogP contribution < -0.4 is 0 Å². The summed E-state index contributed by atoms with van der Waals surface area (Å²) in [6, 6.07) is 4.76. The van der Waals surface area contributed by atoms with Crippen molar-refractivity contribution in [2.75, 3.05) is 13.2 Å². The molecule has 0 aliphatic rings. The molecule has 0 bridgehead atoms. The number of aryl methyl sites for hydroxylation is 1. The van der Waals surface area contributed by atoms with Gasteiger partial charge in [-0.15, -0.1) is 0 Å². The average Bonchev–Trinajstić information content (AvgIpc) is 2.90. The molecule has 0 fully saturated rings. The largest absolute Gasteiger partial charge is 0.462 e. The average molecular weight is 412 g/mol. The summed E-state index contributed by atoms with van der Waals surface area (Å²) in [5.41, 5.74) is 2.07. The molecule has 0 aliphatic carbocycles. The van der Waals surface area contributed by atoms with Crippen molar-refractivity contribution in [2.45, 2.75) is 27.2 Å². The van der Waals surface area contributed by atoms with Gasteiger partial charge in [-0.25, -0.2) is 4.79 Å². The van der Waals surface area contributed by atoms with Crippen LogP contribution in [0.4, 0.5) is 0 Å². The third-order valence-corrected chi connectivity index (χ3v) is 4.50. The number of halogens is 2. The SMILES string of the molecule is CCOC(=O)c1c(C)[nH]c(C(=O)COC(=O)Cc2ccc(Cl)cc2Cl)c1C. The number of rotatable bonds is 7. The van der Waals surface area contributed by atoms with E-state index in [9.17, 15) is 14.4 Å². The number of ether oxygens (including phenoxy) is 2. The summed E-state index contributed by atoms with van der Waals surface area (Å²) in [5.74, 6) is -1.54. The van der Waals surface area contributed by atoms with E-state index in [-0.39, 0.29) is 18.7 Å². The van der Waals surface area contributed by atoms with Gasteiger partial charge in [-0.1, -0.05) is 29.3 Å². The summed E-state index contributed by atoms with van der Waals surface area (Å²) in [5, 5.41) is 0.808. The number of H-pyrrole nitrogens is 1. The summed E-state index contributed by atoms with van der Waals surface area (Å²) >= 11 is 11.8. The lowest BCUT2D eigenvalue weighted by Gasteiger charge is -2.06. The maximum absolute atomic E-state index is 12.4. The van der Waals surface area contributed by atoms with Crippen molar-refractivity contribution < 1.29 is 23.9 Å². The number of esters is 2. The first-order valence-corrected chi connectivity index (χ1v) is 8.99. The molecule has 27 heavy (non-hydrogen) atoms. The van der Waals surface area contributed by atoms with Gasteiger partial charge < -0.3 is 14.5 Å². The van der Waals surface area contributed by atoms with Gasteiger partial charge in [0, 0.05) is 15.7 Å². The highest BCUT2D eigenvalue weighted by Crippen LogP contribution is 2.22. The molecule has 1 aromatic heterocycles. The van der Waals surface area contributed by atoms with E-state index in [0.717, 1.165) is 0 Å². The number of carbonyl (C=O) groups excluding carboxylic acids is 3. The maximum Gasteiger partial charge on any atom is 0.340 e. The maximum atomic E-state index is 12.4. The van der Waals surface area contributed by atoms with Crippen molar-refractivity contribution >= 4 is 40.9 Å². The third kappa shape index (κ3) is 5.11. The molecule has 0 spiro atoms. The van der Waals surface area contributed by atoms with Crippen LogP contribution in [-0.4, -0.2) is 35.9 Å². The van der Waals surface area contributed by atoms with E-state index in [1.54, 1.807) is 32.9 Å². The van der Waals surface area contributed by atoms with Crippen LogP contribution in [0.3, 0.4) is 0 Å². The quantitative estimate of drug-likeness (QED) is 0.547. The van der Waals surface area contributed by atoms with E-state index >= 15 is 0 Å². The second-order valence-electron chi connectivity index (χ2n) is 5.84. The molecule has 0 amide bonds. The Morgan fingerprint density at radius 1 is 1.11 bits per heavy atom. The van der Waals surface area contributed by atoms with Crippen LogP contribution in [0.15, 0.2) is 18.2 Å². The van der Waals surface area contributed by atoms with Crippen LogP contribution in [0.2, 0.25) is 10.0 Å². The fourth-order valence-corrected chi connectivity index (χ4v) is 3.10. The van der Waals surface area contributed by atoms with E-state index in [2.05, 4.69) is 4.98 Å². The van der Waals surface area contributed by atoms with Crippen LogP contribution in [0.1, 0.15) is 44.6 Å². The molecule has 0 aliphatic heterocycles. The predicted molar refractivity (Wildman–Crippen MR) is 102 cm³/mol. The summed E-state index contributed by atoms with van der Waals surface area (Å²) in [6.07, 6.45) is -0.0832. The Hall–Kier alpha value is -2.31. The molecule has 8 heteroatoms. The van der Waals surface area contributed by atoms with Crippen molar-refractivity contribution in [1.82, 2.24) is 4.98 Å². The van der Waals surface area contributed by atoms with E-state index in [4.69, 9.17) is 32.7 Å². The molecule has 0 radical (unpaired) electrons.